The molecule has 6 nitrogen and oxygen atoms in total. The smallest absolute Gasteiger partial charge is 0.410 e. The molecule has 1 N–H and O–H groups in total. The average molecular weight is 431 g/mol. The van der Waals surface area contributed by atoms with Gasteiger partial charge in [0.1, 0.15) is 5.60 Å². The van der Waals surface area contributed by atoms with Gasteiger partial charge in [-0.2, -0.15) is 0 Å². The molecule has 0 bridgehead atoms. The van der Waals surface area contributed by atoms with E-state index in [0.717, 1.165) is 5.69 Å². The van der Waals surface area contributed by atoms with E-state index in [1.165, 1.54) is 0 Å². The number of hydrogen-bond acceptors (Lipinski definition) is 4. The number of piperazine rings is 1. The van der Waals surface area contributed by atoms with Gasteiger partial charge in [0.2, 0.25) is 0 Å². The standard InChI is InChI=1S/C16H21BrN2O4.C2H6.CH4/c1-16(2,3)23-15(22)19-8-6-18(7-9-19)11-4-5-12(14(20)21)13(17)10-11;1-2;/h4-5,10H,6-9H2,1-3H3,(H,20,21);1-2H3;1H4. The third kappa shape index (κ3) is 6.86. The fraction of sp³-hybridized carbons (Fsp3) is 0.579. The molecule has 7 heteroatoms. The predicted octanol–water partition coefficient (Wildman–Crippen LogP) is 4.87. The molecule has 0 spiro atoms. The number of benzene rings is 1. The molecule has 0 aromatic heterocycles. The molecule has 1 fully saturated rings. The zero-order valence-electron chi connectivity index (χ0n) is 15.5. The van der Waals surface area contributed by atoms with Crippen molar-refractivity contribution >= 4 is 33.7 Å². The Morgan fingerprint density at radius 2 is 1.65 bits per heavy atom. The number of carbonyl (C=O) groups excluding carboxylic acids is 1. The van der Waals surface area contributed by atoms with E-state index < -0.39 is 11.6 Å². The maximum atomic E-state index is 12.0. The fourth-order valence-corrected chi connectivity index (χ4v) is 2.88. The number of aromatic carboxylic acids is 1. The first-order valence-electron chi connectivity index (χ1n) is 8.43. The summed E-state index contributed by atoms with van der Waals surface area (Å²) in [6.07, 6.45) is -0.292. The van der Waals surface area contributed by atoms with Crippen LogP contribution in [0.15, 0.2) is 22.7 Å². The Balaban J connectivity index is 0.00000201. The highest BCUT2D eigenvalue weighted by Gasteiger charge is 2.26. The molecular formula is C19H31BrN2O4. The highest BCUT2D eigenvalue weighted by molar-refractivity contribution is 9.10. The Morgan fingerprint density at radius 1 is 1.12 bits per heavy atom. The summed E-state index contributed by atoms with van der Waals surface area (Å²) in [6.45, 7) is 12.1. The topological polar surface area (TPSA) is 70.1 Å². The van der Waals surface area contributed by atoms with Gasteiger partial charge in [-0.25, -0.2) is 9.59 Å². The van der Waals surface area contributed by atoms with Gasteiger partial charge in [-0.15, -0.1) is 0 Å². The quantitative estimate of drug-likeness (QED) is 0.724. The van der Waals surface area contributed by atoms with Crippen LogP contribution in [0, 0.1) is 0 Å². The third-order valence-corrected chi connectivity index (χ3v) is 4.14. The summed E-state index contributed by atoms with van der Waals surface area (Å²) in [5.74, 6) is -0.960. The van der Waals surface area contributed by atoms with Crippen molar-refractivity contribution in [2.45, 2.75) is 47.6 Å². The fourth-order valence-electron chi connectivity index (χ4n) is 2.35. The summed E-state index contributed by atoms with van der Waals surface area (Å²) in [4.78, 5) is 26.9. The number of nitrogens with zero attached hydrogens (tertiary/aromatic N) is 2. The molecule has 2 rings (SSSR count). The molecule has 0 aliphatic carbocycles. The third-order valence-electron chi connectivity index (χ3n) is 3.48. The minimum atomic E-state index is -0.960. The van der Waals surface area contributed by atoms with Gasteiger partial charge in [0.05, 0.1) is 5.56 Å². The van der Waals surface area contributed by atoms with Gasteiger partial charge in [-0.3, -0.25) is 0 Å². The summed E-state index contributed by atoms with van der Waals surface area (Å²) >= 11 is 3.29. The molecule has 1 aromatic rings. The number of hydrogen-bond donors (Lipinski definition) is 1. The van der Waals surface area contributed by atoms with E-state index in [4.69, 9.17) is 9.84 Å². The summed E-state index contributed by atoms with van der Waals surface area (Å²) in [5, 5.41) is 9.05. The van der Waals surface area contributed by atoms with Crippen LogP contribution in [0.4, 0.5) is 10.5 Å². The molecule has 0 saturated carbocycles. The van der Waals surface area contributed by atoms with Crippen LogP contribution in [0.3, 0.4) is 0 Å². The van der Waals surface area contributed by atoms with Crippen molar-refractivity contribution in [2.75, 3.05) is 31.1 Å². The van der Waals surface area contributed by atoms with Crippen LogP contribution in [-0.4, -0.2) is 53.8 Å². The van der Waals surface area contributed by atoms with Gasteiger partial charge in [0.25, 0.3) is 0 Å². The van der Waals surface area contributed by atoms with Gasteiger partial charge < -0.3 is 19.6 Å². The maximum Gasteiger partial charge on any atom is 0.410 e. The number of amides is 1. The van der Waals surface area contributed by atoms with Crippen molar-refractivity contribution in [1.29, 1.82) is 0 Å². The molecule has 26 heavy (non-hydrogen) atoms. The Bertz CT molecular complexity index is 606. The van der Waals surface area contributed by atoms with E-state index in [9.17, 15) is 9.59 Å². The van der Waals surface area contributed by atoms with Crippen molar-refractivity contribution in [3.8, 4) is 0 Å². The van der Waals surface area contributed by atoms with Gasteiger partial charge >= 0.3 is 12.1 Å². The molecule has 1 heterocycles. The zero-order valence-corrected chi connectivity index (χ0v) is 17.1. The molecule has 0 unspecified atom stereocenters. The minimum Gasteiger partial charge on any atom is -0.478 e. The second-order valence-electron chi connectivity index (χ2n) is 6.42. The second-order valence-corrected chi connectivity index (χ2v) is 7.28. The molecule has 1 amide bonds. The lowest BCUT2D eigenvalue weighted by atomic mass is 10.2. The van der Waals surface area contributed by atoms with E-state index >= 15 is 0 Å². The highest BCUT2D eigenvalue weighted by Crippen LogP contribution is 2.25. The average Bonchev–Trinajstić information content (AvgIpc) is 2.55. The van der Waals surface area contributed by atoms with E-state index in [1.807, 2.05) is 34.6 Å². The van der Waals surface area contributed by atoms with Crippen molar-refractivity contribution in [3.63, 3.8) is 0 Å². The molecule has 1 aliphatic rings. The predicted molar refractivity (Wildman–Crippen MR) is 109 cm³/mol. The van der Waals surface area contributed by atoms with Crippen molar-refractivity contribution in [2.24, 2.45) is 0 Å². The first-order chi connectivity index (χ1) is 11.7. The Kier molecular flexibility index (Phi) is 9.70. The number of anilines is 1. The normalized spacial score (nSPS) is 13.9. The maximum absolute atomic E-state index is 12.0. The van der Waals surface area contributed by atoms with Crippen LogP contribution in [-0.2, 0) is 4.74 Å². The van der Waals surface area contributed by atoms with Crippen LogP contribution in [0.25, 0.3) is 0 Å². The van der Waals surface area contributed by atoms with Crippen molar-refractivity contribution in [1.82, 2.24) is 4.90 Å². The zero-order chi connectivity index (χ0) is 19.2. The SMILES string of the molecule is C.CC.CC(C)(C)OC(=O)N1CCN(c2ccc(C(=O)O)c(Br)c2)CC1. The largest absolute Gasteiger partial charge is 0.478 e. The van der Waals surface area contributed by atoms with Gasteiger partial charge in [0, 0.05) is 36.3 Å². The molecule has 0 radical (unpaired) electrons. The number of carboxylic acid groups (broad SMARTS) is 1. The van der Waals surface area contributed by atoms with Gasteiger partial charge in [-0.1, -0.05) is 21.3 Å². The van der Waals surface area contributed by atoms with Crippen LogP contribution < -0.4 is 4.90 Å². The van der Waals surface area contributed by atoms with Gasteiger partial charge in [0.15, 0.2) is 0 Å². The highest BCUT2D eigenvalue weighted by atomic mass is 79.9. The van der Waals surface area contributed by atoms with Crippen LogP contribution in [0.2, 0.25) is 0 Å². The first kappa shape index (κ1) is 24.2. The Morgan fingerprint density at radius 3 is 2.08 bits per heavy atom. The van der Waals surface area contributed by atoms with E-state index in [2.05, 4.69) is 20.8 Å². The number of carbonyl (C=O) groups is 2. The summed E-state index contributed by atoms with van der Waals surface area (Å²) < 4.78 is 5.93. The Hall–Kier alpha value is -1.76. The summed E-state index contributed by atoms with van der Waals surface area (Å²) in [6, 6.07) is 5.17. The first-order valence-corrected chi connectivity index (χ1v) is 9.22. The van der Waals surface area contributed by atoms with Crippen LogP contribution in [0.5, 0.6) is 0 Å². The number of carboxylic acids is 1. The molecular weight excluding hydrogens is 400 g/mol. The van der Waals surface area contributed by atoms with Gasteiger partial charge in [-0.05, 0) is 54.9 Å². The van der Waals surface area contributed by atoms with Crippen molar-refractivity contribution in [3.05, 3.63) is 28.2 Å². The number of halogens is 1. The lowest BCUT2D eigenvalue weighted by Gasteiger charge is -2.36. The summed E-state index contributed by atoms with van der Waals surface area (Å²) in [5.41, 5.74) is 0.679. The minimum absolute atomic E-state index is 0. The number of ether oxygens (including phenoxy) is 1. The van der Waals surface area contributed by atoms with E-state index in [1.54, 1.807) is 23.1 Å². The monoisotopic (exact) mass is 430 g/mol. The number of rotatable bonds is 2. The van der Waals surface area contributed by atoms with Crippen LogP contribution >= 0.6 is 15.9 Å². The molecule has 1 aromatic carbocycles. The molecule has 148 valence electrons. The molecule has 1 aliphatic heterocycles. The van der Waals surface area contributed by atoms with Crippen molar-refractivity contribution < 1.29 is 19.4 Å². The lowest BCUT2D eigenvalue weighted by molar-refractivity contribution is 0.0240. The van der Waals surface area contributed by atoms with E-state index in [0.29, 0.717) is 30.7 Å². The molecule has 1 saturated heterocycles. The van der Waals surface area contributed by atoms with E-state index in [-0.39, 0.29) is 19.1 Å². The molecule has 0 atom stereocenters. The Labute approximate surface area is 165 Å². The van der Waals surface area contributed by atoms with Crippen LogP contribution in [0.1, 0.15) is 52.4 Å². The lowest BCUT2D eigenvalue weighted by Crippen LogP contribution is -2.50. The second kappa shape index (κ2) is 10.4. The summed E-state index contributed by atoms with van der Waals surface area (Å²) in [7, 11) is 0.